The fourth-order valence-corrected chi connectivity index (χ4v) is 3.78. The average Bonchev–Trinajstić information content (AvgIpc) is 2.45. The van der Waals surface area contributed by atoms with Gasteiger partial charge in [-0.3, -0.25) is 4.90 Å². The predicted octanol–water partition coefficient (Wildman–Crippen LogP) is 4.49. The van der Waals surface area contributed by atoms with Crippen molar-refractivity contribution in [2.24, 2.45) is 0 Å². The molecule has 1 atom stereocenters. The van der Waals surface area contributed by atoms with Crippen molar-refractivity contribution in [3.05, 3.63) is 29.8 Å². The van der Waals surface area contributed by atoms with Crippen molar-refractivity contribution in [1.29, 1.82) is 0 Å². The molecule has 134 valence electrons. The first-order valence-corrected chi connectivity index (χ1v) is 11.6. The van der Waals surface area contributed by atoms with Gasteiger partial charge in [-0.05, 0) is 43.8 Å². The van der Waals surface area contributed by atoms with Gasteiger partial charge in [0, 0.05) is 32.2 Å². The highest BCUT2D eigenvalue weighted by Gasteiger charge is 2.22. The maximum atomic E-state index is 6.06. The normalized spacial score (nSPS) is 16.9. The first-order valence-electron chi connectivity index (χ1n) is 8.23. The maximum Gasteiger partial charge on any atom is 0.242 e. The highest BCUT2D eigenvalue weighted by Crippen LogP contribution is 2.28. The molecule has 3 nitrogen and oxygen atoms in total. The van der Waals surface area contributed by atoms with Gasteiger partial charge >= 0.3 is 0 Å². The molecule has 1 aliphatic heterocycles. The minimum absolute atomic E-state index is 0. The van der Waals surface area contributed by atoms with Crippen LogP contribution in [-0.2, 0) is 0 Å². The Morgan fingerprint density at radius 2 is 1.65 bits per heavy atom. The lowest BCUT2D eigenvalue weighted by Crippen LogP contribution is -2.45. The Bertz CT molecular complexity index is 431. The van der Waals surface area contributed by atoms with Gasteiger partial charge in [0.05, 0.1) is 0 Å². The molecule has 0 aromatic heterocycles. The van der Waals surface area contributed by atoms with Crippen LogP contribution in [0.1, 0.15) is 31.4 Å². The quantitative estimate of drug-likeness (QED) is 0.737. The van der Waals surface area contributed by atoms with Gasteiger partial charge in [0.25, 0.3) is 0 Å². The molecule has 1 aromatic carbocycles. The minimum Gasteiger partial charge on any atom is -0.544 e. The van der Waals surface area contributed by atoms with Gasteiger partial charge in [0.15, 0.2) is 0 Å². The number of halogens is 2. The monoisotopic (exact) mass is 378 g/mol. The number of benzene rings is 1. The van der Waals surface area contributed by atoms with Crippen molar-refractivity contribution in [2.75, 3.05) is 26.2 Å². The summed E-state index contributed by atoms with van der Waals surface area (Å²) in [4.78, 5) is 2.62. The van der Waals surface area contributed by atoms with Crippen LogP contribution in [0.3, 0.4) is 0 Å². The topological polar surface area (TPSA) is 24.5 Å². The van der Waals surface area contributed by atoms with Gasteiger partial charge < -0.3 is 9.74 Å². The molecule has 1 aromatic rings. The van der Waals surface area contributed by atoms with Crippen molar-refractivity contribution in [3.63, 3.8) is 0 Å². The van der Waals surface area contributed by atoms with Crippen molar-refractivity contribution in [3.8, 4) is 5.75 Å². The molecule has 0 unspecified atom stereocenters. The van der Waals surface area contributed by atoms with E-state index in [0.29, 0.717) is 6.04 Å². The first kappa shape index (κ1) is 22.7. The summed E-state index contributed by atoms with van der Waals surface area (Å²) >= 11 is 0. The molecule has 1 N–H and O–H groups in total. The van der Waals surface area contributed by atoms with E-state index in [1.165, 1.54) is 18.4 Å². The largest absolute Gasteiger partial charge is 0.544 e. The van der Waals surface area contributed by atoms with Crippen LogP contribution in [0.5, 0.6) is 5.75 Å². The summed E-state index contributed by atoms with van der Waals surface area (Å²) in [6.07, 6.45) is 2.45. The summed E-state index contributed by atoms with van der Waals surface area (Å²) in [5.74, 6) is 1.02. The maximum absolute atomic E-state index is 6.06. The van der Waals surface area contributed by atoms with Gasteiger partial charge in [-0.2, -0.15) is 0 Å². The standard InChI is InChI=1S/C17H30N2OSi.2ClH/c1-5-6-17(19-13-11-18-12-14-19)15-7-9-16(10-8-15)20-21(2,3)4;;/h7-10,17-18H,5-6,11-14H2,1-4H3;2*1H/t17-;;/m1../s1. The molecule has 0 aliphatic carbocycles. The number of hydrogen-bond acceptors (Lipinski definition) is 3. The second kappa shape index (κ2) is 10.6. The van der Waals surface area contributed by atoms with E-state index >= 15 is 0 Å². The molecule has 0 radical (unpaired) electrons. The van der Waals surface area contributed by atoms with E-state index in [4.69, 9.17) is 4.43 Å². The molecule has 1 saturated heterocycles. The van der Waals surface area contributed by atoms with Gasteiger partial charge in [-0.25, -0.2) is 0 Å². The second-order valence-corrected chi connectivity index (χ2v) is 11.3. The van der Waals surface area contributed by atoms with Crippen LogP contribution in [0.4, 0.5) is 0 Å². The zero-order chi connectivity index (χ0) is 15.3. The van der Waals surface area contributed by atoms with E-state index in [-0.39, 0.29) is 24.8 Å². The van der Waals surface area contributed by atoms with E-state index < -0.39 is 8.32 Å². The summed E-state index contributed by atoms with van der Waals surface area (Å²) in [7, 11) is -1.51. The molecule has 23 heavy (non-hydrogen) atoms. The van der Waals surface area contributed by atoms with Gasteiger partial charge in [-0.1, -0.05) is 25.5 Å². The van der Waals surface area contributed by atoms with E-state index in [2.05, 4.69) is 61.0 Å². The molecule has 1 aliphatic rings. The Morgan fingerprint density at radius 1 is 1.09 bits per heavy atom. The van der Waals surface area contributed by atoms with Crippen LogP contribution >= 0.6 is 24.8 Å². The van der Waals surface area contributed by atoms with Crippen molar-refractivity contribution in [1.82, 2.24) is 10.2 Å². The fraction of sp³-hybridized carbons (Fsp3) is 0.647. The third-order valence-electron chi connectivity index (χ3n) is 3.84. The Balaban J connectivity index is 0.00000242. The SMILES string of the molecule is CCC[C@H](c1ccc(O[Si](C)(C)C)cc1)N1CCNCC1.Cl.Cl. The number of piperazine rings is 1. The van der Waals surface area contributed by atoms with E-state index in [0.717, 1.165) is 31.9 Å². The highest BCUT2D eigenvalue weighted by molar-refractivity contribution is 6.70. The Kier molecular flexibility index (Phi) is 10.4. The second-order valence-electron chi connectivity index (χ2n) is 6.87. The first-order chi connectivity index (χ1) is 9.99. The minimum atomic E-state index is -1.51. The smallest absolute Gasteiger partial charge is 0.242 e. The van der Waals surface area contributed by atoms with Gasteiger partial charge in [0.1, 0.15) is 5.75 Å². The van der Waals surface area contributed by atoms with Gasteiger partial charge in [0.2, 0.25) is 8.32 Å². The number of hydrogen-bond donors (Lipinski definition) is 1. The molecule has 1 fully saturated rings. The third-order valence-corrected chi connectivity index (χ3v) is 4.69. The molecule has 0 bridgehead atoms. The zero-order valence-electron chi connectivity index (χ0n) is 14.8. The van der Waals surface area contributed by atoms with Crippen LogP contribution in [0.15, 0.2) is 24.3 Å². The lowest BCUT2D eigenvalue weighted by molar-refractivity contribution is 0.164. The molecule has 0 saturated carbocycles. The van der Waals surface area contributed by atoms with E-state index in [9.17, 15) is 0 Å². The van der Waals surface area contributed by atoms with Crippen LogP contribution in [0.2, 0.25) is 19.6 Å². The summed E-state index contributed by atoms with van der Waals surface area (Å²) in [5.41, 5.74) is 1.43. The molecule has 2 rings (SSSR count). The highest BCUT2D eigenvalue weighted by atomic mass is 35.5. The molecule has 0 amide bonds. The molecular weight excluding hydrogens is 347 g/mol. The van der Waals surface area contributed by atoms with E-state index in [1.54, 1.807) is 0 Å². The number of nitrogens with one attached hydrogen (secondary N) is 1. The van der Waals surface area contributed by atoms with Crippen LogP contribution in [-0.4, -0.2) is 39.4 Å². The zero-order valence-corrected chi connectivity index (χ0v) is 17.4. The van der Waals surface area contributed by atoms with Crippen molar-refractivity contribution in [2.45, 2.75) is 45.4 Å². The van der Waals surface area contributed by atoms with Crippen LogP contribution < -0.4 is 9.74 Å². The number of rotatable bonds is 6. The van der Waals surface area contributed by atoms with Crippen LogP contribution in [0, 0.1) is 0 Å². The van der Waals surface area contributed by atoms with Crippen LogP contribution in [0.25, 0.3) is 0 Å². The van der Waals surface area contributed by atoms with Gasteiger partial charge in [-0.15, -0.1) is 24.8 Å². The lowest BCUT2D eigenvalue weighted by atomic mass is 10.00. The lowest BCUT2D eigenvalue weighted by Gasteiger charge is -2.35. The third kappa shape index (κ3) is 7.44. The molecule has 6 heteroatoms. The summed E-state index contributed by atoms with van der Waals surface area (Å²) in [5, 5.41) is 3.44. The summed E-state index contributed by atoms with van der Waals surface area (Å²) in [6.45, 7) is 13.5. The summed E-state index contributed by atoms with van der Waals surface area (Å²) in [6, 6.07) is 9.38. The predicted molar refractivity (Wildman–Crippen MR) is 107 cm³/mol. The average molecular weight is 379 g/mol. The fourth-order valence-electron chi connectivity index (χ4n) is 2.94. The Labute approximate surface area is 155 Å². The molecule has 1 heterocycles. The number of nitrogens with zero attached hydrogens (tertiary/aromatic N) is 1. The van der Waals surface area contributed by atoms with E-state index in [1.807, 2.05) is 0 Å². The van der Waals surface area contributed by atoms with Crippen molar-refractivity contribution < 1.29 is 4.43 Å². The van der Waals surface area contributed by atoms with Crippen molar-refractivity contribution >= 4 is 33.1 Å². The Hall–Kier alpha value is -0.263. The molecule has 0 spiro atoms. The molecular formula is C17H32Cl2N2OSi. The summed E-state index contributed by atoms with van der Waals surface area (Å²) < 4.78 is 6.06. The Morgan fingerprint density at radius 3 is 2.13 bits per heavy atom.